The summed E-state index contributed by atoms with van der Waals surface area (Å²) in [6, 6.07) is 8.51. The maximum absolute atomic E-state index is 12.6. The molecule has 1 atom stereocenters. The van der Waals surface area contributed by atoms with Crippen molar-refractivity contribution in [1.82, 2.24) is 9.99 Å². The number of hydrogen-bond acceptors (Lipinski definition) is 5. The highest BCUT2D eigenvalue weighted by molar-refractivity contribution is 6.47. The number of carbonyl (C=O) groups excluding carboxylic acids is 2. The number of likely N-dealkylation sites (N-methyl/N-ethyl adjacent to an activating group) is 1. The molecule has 1 aromatic carbocycles. The summed E-state index contributed by atoms with van der Waals surface area (Å²) in [6.45, 7) is 1.66. The van der Waals surface area contributed by atoms with Crippen molar-refractivity contribution in [2.75, 3.05) is 7.05 Å². The highest BCUT2D eigenvalue weighted by Crippen LogP contribution is 2.41. The summed E-state index contributed by atoms with van der Waals surface area (Å²) in [5, 5.41) is 5.52. The topological polar surface area (TPSA) is 71.9 Å². The lowest BCUT2D eigenvalue weighted by atomic mass is 9.89. The van der Waals surface area contributed by atoms with Crippen molar-refractivity contribution in [1.29, 1.82) is 0 Å². The summed E-state index contributed by atoms with van der Waals surface area (Å²) < 4.78 is 5.81. The Balaban J connectivity index is 2.04. The molecule has 1 aliphatic heterocycles. The molecule has 2 heterocycles. The Labute approximate surface area is 160 Å². The molecule has 0 bridgehead atoms. The monoisotopic (exact) mass is 391 g/mol. The number of nitrogens with zero attached hydrogens (tertiary/aromatic N) is 3. The molecule has 1 aromatic heterocycles. The summed E-state index contributed by atoms with van der Waals surface area (Å²) in [4.78, 5) is 29.4. The van der Waals surface area contributed by atoms with E-state index in [1.165, 1.54) is 13.1 Å². The number of hydrazone groups is 1. The van der Waals surface area contributed by atoms with Crippen molar-refractivity contribution in [3.63, 3.8) is 0 Å². The average Bonchev–Trinajstić information content (AvgIpc) is 2.63. The average molecular weight is 392 g/mol. The van der Waals surface area contributed by atoms with Crippen LogP contribution < -0.4 is 4.74 Å². The number of carbonyl (C=O) groups is 2. The lowest BCUT2D eigenvalue weighted by Gasteiger charge is -2.27. The van der Waals surface area contributed by atoms with Crippen LogP contribution >= 0.6 is 23.2 Å². The second-order valence-electron chi connectivity index (χ2n) is 5.73. The van der Waals surface area contributed by atoms with Gasteiger partial charge in [0.1, 0.15) is 24.0 Å². The zero-order valence-electron chi connectivity index (χ0n) is 14.1. The van der Waals surface area contributed by atoms with E-state index in [2.05, 4.69) is 10.1 Å². The summed E-state index contributed by atoms with van der Waals surface area (Å²) in [6.07, 6.45) is 1.64. The Morgan fingerprint density at radius 1 is 1.15 bits per heavy atom. The van der Waals surface area contributed by atoms with Crippen LogP contribution in [-0.2, 0) is 16.2 Å². The van der Waals surface area contributed by atoms with E-state index in [4.69, 9.17) is 27.9 Å². The van der Waals surface area contributed by atoms with Gasteiger partial charge >= 0.3 is 0 Å². The maximum atomic E-state index is 12.6. The van der Waals surface area contributed by atoms with Gasteiger partial charge < -0.3 is 4.74 Å². The first-order valence-corrected chi connectivity index (χ1v) is 8.53. The summed E-state index contributed by atoms with van der Waals surface area (Å²) in [5.74, 6) is -1.88. The van der Waals surface area contributed by atoms with Gasteiger partial charge in [0.25, 0.3) is 5.91 Å². The van der Waals surface area contributed by atoms with Crippen molar-refractivity contribution in [2.24, 2.45) is 5.10 Å². The fourth-order valence-corrected chi connectivity index (χ4v) is 3.16. The van der Waals surface area contributed by atoms with Crippen LogP contribution in [0.5, 0.6) is 5.75 Å². The van der Waals surface area contributed by atoms with Crippen molar-refractivity contribution in [3.05, 3.63) is 57.8 Å². The van der Waals surface area contributed by atoms with E-state index in [0.717, 1.165) is 5.01 Å². The van der Waals surface area contributed by atoms with Crippen molar-refractivity contribution >= 4 is 40.6 Å². The number of halogens is 2. The zero-order valence-corrected chi connectivity index (χ0v) is 15.6. The minimum absolute atomic E-state index is 0.117. The summed E-state index contributed by atoms with van der Waals surface area (Å²) in [5.41, 5.74) is 1.13. The van der Waals surface area contributed by atoms with Crippen LogP contribution in [0.3, 0.4) is 0 Å². The van der Waals surface area contributed by atoms with Gasteiger partial charge in [0, 0.05) is 23.8 Å². The molecule has 1 amide bonds. The number of benzene rings is 1. The van der Waals surface area contributed by atoms with Crippen LogP contribution in [0.15, 0.2) is 41.6 Å². The minimum atomic E-state index is -1.15. The van der Waals surface area contributed by atoms with Crippen LogP contribution in [0.25, 0.3) is 0 Å². The van der Waals surface area contributed by atoms with Gasteiger partial charge in [0.2, 0.25) is 0 Å². The highest BCUT2D eigenvalue weighted by atomic mass is 35.5. The quantitative estimate of drug-likeness (QED) is 0.747. The number of aromatic nitrogens is 1. The van der Waals surface area contributed by atoms with Gasteiger partial charge in [-0.1, -0.05) is 29.3 Å². The third-order valence-electron chi connectivity index (χ3n) is 3.96. The van der Waals surface area contributed by atoms with Crippen molar-refractivity contribution in [3.8, 4) is 5.75 Å². The number of hydrogen-bond donors (Lipinski definition) is 0. The molecule has 0 saturated heterocycles. The lowest BCUT2D eigenvalue weighted by molar-refractivity contribution is -0.136. The summed E-state index contributed by atoms with van der Waals surface area (Å²) in [7, 11) is 1.48. The first kappa shape index (κ1) is 18.4. The van der Waals surface area contributed by atoms with Gasteiger partial charge in [-0.05, 0) is 31.2 Å². The third kappa shape index (κ3) is 3.43. The molecule has 0 fully saturated rings. The molecule has 26 heavy (non-hydrogen) atoms. The molecule has 2 aromatic rings. The Bertz CT molecular complexity index is 900. The van der Waals surface area contributed by atoms with Crippen LogP contribution in [0.2, 0.25) is 10.0 Å². The molecule has 0 spiro atoms. The van der Waals surface area contributed by atoms with Crippen molar-refractivity contribution < 1.29 is 14.3 Å². The van der Waals surface area contributed by atoms with E-state index >= 15 is 0 Å². The van der Waals surface area contributed by atoms with E-state index in [1.807, 2.05) is 6.07 Å². The Morgan fingerprint density at radius 3 is 2.58 bits per heavy atom. The molecule has 1 aliphatic rings. The first-order chi connectivity index (χ1) is 12.4. The van der Waals surface area contributed by atoms with Gasteiger partial charge in [-0.15, -0.1) is 0 Å². The molecule has 8 heteroatoms. The van der Waals surface area contributed by atoms with Gasteiger partial charge in [-0.3, -0.25) is 14.6 Å². The maximum Gasteiger partial charge on any atom is 0.258 e. The fraction of sp³-hybridized carbons (Fsp3) is 0.222. The Hall–Kier alpha value is -2.44. The van der Waals surface area contributed by atoms with Crippen LogP contribution in [-0.4, -0.2) is 34.4 Å². The molecule has 0 saturated carbocycles. The number of Topliss-reactive ketones (excluding diaryl/α,β-unsaturated/α-hetero) is 1. The molecule has 1 unspecified atom stereocenters. The van der Waals surface area contributed by atoms with Gasteiger partial charge in [0.15, 0.2) is 5.78 Å². The van der Waals surface area contributed by atoms with E-state index in [0.29, 0.717) is 5.69 Å². The highest BCUT2D eigenvalue weighted by Gasteiger charge is 2.40. The molecule has 0 N–H and O–H groups in total. The second kappa shape index (κ2) is 7.43. The predicted octanol–water partition coefficient (Wildman–Crippen LogP) is 3.47. The smallest absolute Gasteiger partial charge is 0.258 e. The fourth-order valence-electron chi connectivity index (χ4n) is 2.68. The number of ketones is 1. The van der Waals surface area contributed by atoms with Crippen molar-refractivity contribution in [2.45, 2.75) is 19.4 Å². The third-order valence-corrected chi connectivity index (χ3v) is 4.59. The first-order valence-electron chi connectivity index (χ1n) is 7.77. The Morgan fingerprint density at radius 2 is 1.88 bits per heavy atom. The number of rotatable bonds is 4. The zero-order chi connectivity index (χ0) is 18.8. The molecule has 0 aliphatic carbocycles. The van der Waals surface area contributed by atoms with E-state index in [-0.39, 0.29) is 33.7 Å². The standard InChI is InChI=1S/C18H15Cl2N3O3/c1-10-16(24)15(18(25)23(2)22-10)14-12(19)6-7-13(20)17(14)26-9-11-5-3-4-8-21-11/h3-8,15H,9H2,1-2H3. The summed E-state index contributed by atoms with van der Waals surface area (Å²) >= 11 is 12.6. The van der Waals surface area contributed by atoms with E-state index in [1.54, 1.807) is 31.3 Å². The van der Waals surface area contributed by atoms with Gasteiger partial charge in [-0.25, -0.2) is 5.01 Å². The SMILES string of the molecule is CC1=NN(C)C(=O)C(c2c(Cl)ccc(Cl)c2OCc2ccccn2)C1=O. The predicted molar refractivity (Wildman–Crippen MR) is 98.7 cm³/mol. The molecule has 0 radical (unpaired) electrons. The Kier molecular flexibility index (Phi) is 5.25. The molecule has 3 rings (SSSR count). The largest absolute Gasteiger partial charge is 0.485 e. The van der Waals surface area contributed by atoms with Crippen LogP contribution in [0, 0.1) is 0 Å². The second-order valence-corrected chi connectivity index (χ2v) is 6.54. The lowest BCUT2D eigenvalue weighted by Crippen LogP contribution is -2.41. The molecule has 134 valence electrons. The van der Waals surface area contributed by atoms with Crippen LogP contribution in [0.4, 0.5) is 0 Å². The van der Waals surface area contributed by atoms with E-state index < -0.39 is 17.6 Å². The van der Waals surface area contributed by atoms with Gasteiger partial charge in [-0.2, -0.15) is 5.10 Å². The molecular weight excluding hydrogens is 377 g/mol. The van der Waals surface area contributed by atoms with E-state index in [9.17, 15) is 9.59 Å². The normalized spacial score (nSPS) is 17.3. The minimum Gasteiger partial charge on any atom is -0.485 e. The van der Waals surface area contributed by atoms with Crippen LogP contribution in [0.1, 0.15) is 24.1 Å². The number of ether oxygens (including phenoxy) is 1. The number of pyridine rings is 1. The molecular formula is C18H15Cl2N3O3. The number of amides is 1. The van der Waals surface area contributed by atoms with Gasteiger partial charge in [0.05, 0.1) is 10.7 Å². The molecule has 6 nitrogen and oxygen atoms in total.